The van der Waals surface area contributed by atoms with E-state index in [4.69, 9.17) is 0 Å². The molecule has 3 N–H and O–H groups in total. The molecule has 0 spiro atoms. The molecule has 0 radical (unpaired) electrons. The van der Waals surface area contributed by atoms with E-state index in [1.807, 2.05) is 0 Å². The molecule has 1 saturated carbocycles. The van der Waals surface area contributed by atoms with Gasteiger partial charge in [-0.3, -0.25) is 24.3 Å². The van der Waals surface area contributed by atoms with Crippen LogP contribution in [0.1, 0.15) is 42.7 Å². The van der Waals surface area contributed by atoms with Crippen LogP contribution in [-0.2, 0) is 10.5 Å². The molecule has 10 nitrogen and oxygen atoms in total. The number of pyridine rings is 1. The Morgan fingerprint density at radius 1 is 1.26 bits per heavy atom. The molecule has 2 aliphatic rings. The van der Waals surface area contributed by atoms with E-state index in [9.17, 15) is 14.4 Å². The first-order chi connectivity index (χ1) is 12.8. The summed E-state index contributed by atoms with van der Waals surface area (Å²) in [5, 5.41) is 8.29. The Hall–Kier alpha value is -3.30. The molecule has 0 unspecified atom stereocenters. The minimum atomic E-state index is -0.839. The number of anilines is 3. The molecule has 1 fully saturated rings. The van der Waals surface area contributed by atoms with Crippen LogP contribution in [0.4, 0.5) is 17.6 Å². The van der Waals surface area contributed by atoms with Gasteiger partial charge in [-0.2, -0.15) is 4.98 Å². The standard InChI is InChI=1S/C17H19N7O3/c1-8-6-10(14(27)24-11(8)13(26)23-17(24,2)3)20-15-18-7-19-16(22-15)21-12(25)9-4-5-9/h6-7,9H,4-5H2,1-3H3,(H,23,26)(H2,18,19,20,21,22,25). The summed E-state index contributed by atoms with van der Waals surface area (Å²) in [6.45, 7) is 5.26. The predicted molar refractivity (Wildman–Crippen MR) is 96.7 cm³/mol. The maximum atomic E-state index is 12.9. The third-order valence-corrected chi connectivity index (χ3v) is 4.59. The number of fused-ring (bicyclic) bond motifs is 1. The second-order valence-corrected chi connectivity index (χ2v) is 7.26. The number of nitrogens with one attached hydrogen (secondary N) is 3. The van der Waals surface area contributed by atoms with Gasteiger partial charge in [0.2, 0.25) is 17.8 Å². The summed E-state index contributed by atoms with van der Waals surface area (Å²) < 4.78 is 1.42. The average Bonchev–Trinajstić information content (AvgIpc) is 3.38. The third-order valence-electron chi connectivity index (χ3n) is 4.59. The van der Waals surface area contributed by atoms with Gasteiger partial charge in [0.15, 0.2) is 0 Å². The van der Waals surface area contributed by atoms with Crippen LogP contribution >= 0.6 is 0 Å². The number of hydrogen-bond donors (Lipinski definition) is 3. The molecular weight excluding hydrogens is 350 g/mol. The fraction of sp³-hybridized carbons (Fsp3) is 0.412. The average molecular weight is 369 g/mol. The second-order valence-electron chi connectivity index (χ2n) is 7.26. The van der Waals surface area contributed by atoms with Gasteiger partial charge in [-0.15, -0.1) is 0 Å². The van der Waals surface area contributed by atoms with Crippen molar-refractivity contribution in [1.29, 1.82) is 0 Å². The van der Waals surface area contributed by atoms with Gasteiger partial charge in [0.1, 0.15) is 23.4 Å². The largest absolute Gasteiger partial charge is 0.328 e. The molecule has 3 heterocycles. The molecule has 10 heteroatoms. The summed E-state index contributed by atoms with van der Waals surface area (Å²) in [6, 6.07) is 1.58. The van der Waals surface area contributed by atoms with Gasteiger partial charge in [-0.05, 0) is 45.2 Å². The van der Waals surface area contributed by atoms with Crippen molar-refractivity contribution in [3.63, 3.8) is 0 Å². The van der Waals surface area contributed by atoms with E-state index in [2.05, 4.69) is 30.9 Å². The smallest absolute Gasteiger partial charge is 0.276 e. The first-order valence-electron chi connectivity index (χ1n) is 8.63. The predicted octanol–water partition coefficient (Wildman–Crippen LogP) is 0.870. The monoisotopic (exact) mass is 369 g/mol. The van der Waals surface area contributed by atoms with Crippen LogP contribution in [0.2, 0.25) is 0 Å². The highest BCUT2D eigenvalue weighted by atomic mass is 16.2. The van der Waals surface area contributed by atoms with Gasteiger partial charge in [-0.25, -0.2) is 9.97 Å². The number of carbonyl (C=O) groups excluding carboxylic acids is 2. The van der Waals surface area contributed by atoms with Crippen LogP contribution in [0.5, 0.6) is 0 Å². The van der Waals surface area contributed by atoms with Crippen molar-refractivity contribution in [1.82, 2.24) is 24.8 Å². The first kappa shape index (κ1) is 17.1. The molecular formula is C17H19N7O3. The van der Waals surface area contributed by atoms with Crippen LogP contribution in [0.15, 0.2) is 17.2 Å². The summed E-state index contributed by atoms with van der Waals surface area (Å²) in [7, 11) is 0. The molecule has 0 atom stereocenters. The Balaban J connectivity index is 1.66. The Morgan fingerprint density at radius 3 is 2.67 bits per heavy atom. The van der Waals surface area contributed by atoms with Gasteiger partial charge in [0.05, 0.1) is 0 Å². The zero-order valence-corrected chi connectivity index (χ0v) is 15.2. The topological polar surface area (TPSA) is 131 Å². The van der Waals surface area contributed by atoms with Crippen LogP contribution in [0.25, 0.3) is 0 Å². The summed E-state index contributed by atoms with van der Waals surface area (Å²) in [5.41, 5.74) is 0.00329. The molecule has 4 rings (SSSR count). The highest BCUT2D eigenvalue weighted by Crippen LogP contribution is 2.30. The van der Waals surface area contributed by atoms with Crippen molar-refractivity contribution in [3.05, 3.63) is 34.0 Å². The van der Waals surface area contributed by atoms with Crippen LogP contribution < -0.4 is 21.5 Å². The number of amides is 2. The molecule has 140 valence electrons. The highest BCUT2D eigenvalue weighted by molar-refractivity contribution is 5.97. The third kappa shape index (κ3) is 3.03. The summed E-state index contributed by atoms with van der Waals surface area (Å²) in [5.74, 6) is -0.129. The number of hydrogen-bond acceptors (Lipinski definition) is 7. The van der Waals surface area contributed by atoms with Crippen LogP contribution in [0, 0.1) is 12.8 Å². The van der Waals surface area contributed by atoms with Crippen molar-refractivity contribution in [2.24, 2.45) is 5.92 Å². The fourth-order valence-electron chi connectivity index (χ4n) is 3.14. The van der Waals surface area contributed by atoms with E-state index in [0.717, 1.165) is 12.8 Å². The van der Waals surface area contributed by atoms with Crippen molar-refractivity contribution in [3.8, 4) is 0 Å². The van der Waals surface area contributed by atoms with E-state index < -0.39 is 5.66 Å². The quantitative estimate of drug-likeness (QED) is 0.729. The van der Waals surface area contributed by atoms with E-state index in [-0.39, 0.29) is 40.9 Å². The number of aryl methyl sites for hydroxylation is 1. The Bertz CT molecular complexity index is 1020. The summed E-state index contributed by atoms with van der Waals surface area (Å²) >= 11 is 0. The molecule has 1 aliphatic heterocycles. The summed E-state index contributed by atoms with van der Waals surface area (Å²) in [6.07, 6.45) is 3.00. The van der Waals surface area contributed by atoms with Crippen molar-refractivity contribution in [2.75, 3.05) is 10.6 Å². The Labute approximate surface area is 154 Å². The maximum Gasteiger partial charge on any atom is 0.276 e. The lowest BCUT2D eigenvalue weighted by molar-refractivity contribution is -0.117. The van der Waals surface area contributed by atoms with Crippen LogP contribution in [0.3, 0.4) is 0 Å². The van der Waals surface area contributed by atoms with Crippen molar-refractivity contribution >= 4 is 29.4 Å². The van der Waals surface area contributed by atoms with Crippen LogP contribution in [-0.4, -0.2) is 31.3 Å². The van der Waals surface area contributed by atoms with Crippen molar-refractivity contribution < 1.29 is 9.59 Å². The van der Waals surface area contributed by atoms with Gasteiger partial charge in [-0.1, -0.05) is 0 Å². The molecule has 27 heavy (non-hydrogen) atoms. The highest BCUT2D eigenvalue weighted by Gasteiger charge is 2.37. The number of carbonyl (C=O) groups is 2. The van der Waals surface area contributed by atoms with E-state index >= 15 is 0 Å². The Morgan fingerprint density at radius 2 is 1.96 bits per heavy atom. The minimum Gasteiger partial charge on any atom is -0.328 e. The first-order valence-corrected chi connectivity index (χ1v) is 8.63. The summed E-state index contributed by atoms with van der Waals surface area (Å²) in [4.78, 5) is 49.0. The van der Waals surface area contributed by atoms with Gasteiger partial charge < -0.3 is 10.6 Å². The maximum absolute atomic E-state index is 12.9. The molecule has 0 saturated heterocycles. The second kappa shape index (κ2) is 5.86. The number of rotatable bonds is 4. The fourth-order valence-corrected chi connectivity index (χ4v) is 3.14. The van der Waals surface area contributed by atoms with Gasteiger partial charge >= 0.3 is 0 Å². The molecule has 2 aromatic rings. The van der Waals surface area contributed by atoms with E-state index in [1.165, 1.54) is 10.9 Å². The molecule has 0 aromatic carbocycles. The van der Waals surface area contributed by atoms with Gasteiger partial charge in [0.25, 0.3) is 11.5 Å². The normalized spacial score (nSPS) is 17.2. The van der Waals surface area contributed by atoms with E-state index in [0.29, 0.717) is 11.3 Å². The lowest BCUT2D eigenvalue weighted by atomic mass is 10.1. The zero-order chi connectivity index (χ0) is 19.3. The molecule has 0 bridgehead atoms. The molecule has 1 aliphatic carbocycles. The lowest BCUT2D eigenvalue weighted by Crippen LogP contribution is -2.42. The lowest BCUT2D eigenvalue weighted by Gasteiger charge is -2.22. The SMILES string of the molecule is Cc1cc(Nc2ncnc(NC(=O)C3CC3)n2)c(=O)n2c1C(=O)NC2(C)C. The zero-order valence-electron chi connectivity index (χ0n) is 15.2. The van der Waals surface area contributed by atoms with Gasteiger partial charge in [0, 0.05) is 5.92 Å². The minimum absolute atomic E-state index is 0.0226. The molecule has 2 aromatic heterocycles. The number of aromatic nitrogens is 4. The van der Waals surface area contributed by atoms with Crippen molar-refractivity contribution in [2.45, 2.75) is 39.3 Å². The van der Waals surface area contributed by atoms with E-state index in [1.54, 1.807) is 26.8 Å². The molecule has 2 amide bonds. The Kier molecular flexibility index (Phi) is 3.72. The number of nitrogens with zero attached hydrogens (tertiary/aromatic N) is 4.